The summed E-state index contributed by atoms with van der Waals surface area (Å²) in [7, 11) is -8.98. The van der Waals surface area contributed by atoms with Crippen molar-refractivity contribution < 1.29 is 33.5 Å². The second-order valence-corrected chi connectivity index (χ2v) is 7.14. The largest absolute Gasteiger partial charge is 0.347 e. The van der Waals surface area contributed by atoms with Crippen molar-refractivity contribution in [2.24, 2.45) is 5.92 Å². The highest BCUT2D eigenvalue weighted by Gasteiger charge is 2.43. The second kappa shape index (κ2) is 4.56. The van der Waals surface area contributed by atoms with Crippen LogP contribution in [-0.2, 0) is 13.9 Å². The van der Waals surface area contributed by atoms with E-state index in [1.807, 2.05) is 5.32 Å². The Bertz CT molecular complexity index is 367. The van der Waals surface area contributed by atoms with Gasteiger partial charge in [0.15, 0.2) is 0 Å². The van der Waals surface area contributed by atoms with E-state index in [0.29, 0.717) is 12.8 Å². The lowest BCUT2D eigenvalue weighted by atomic mass is 10.4. The van der Waals surface area contributed by atoms with Gasteiger partial charge in [-0.2, -0.15) is 0 Å². The van der Waals surface area contributed by atoms with Crippen molar-refractivity contribution in [2.75, 3.05) is 6.16 Å². The van der Waals surface area contributed by atoms with Gasteiger partial charge in [-0.15, -0.1) is 0 Å². The topological polar surface area (TPSA) is 144 Å². The van der Waals surface area contributed by atoms with E-state index in [1.165, 1.54) is 0 Å². The van der Waals surface area contributed by atoms with Crippen molar-refractivity contribution in [3.63, 3.8) is 0 Å². The summed E-state index contributed by atoms with van der Waals surface area (Å²) in [5.41, 5.74) is 0. The first-order valence-electron chi connectivity index (χ1n) is 4.49. The molecule has 0 aliphatic heterocycles. The Labute approximate surface area is 91.4 Å². The van der Waals surface area contributed by atoms with Crippen LogP contribution in [0.4, 0.5) is 0 Å². The first kappa shape index (κ1) is 13.8. The molecule has 1 unspecified atom stereocenters. The third kappa shape index (κ3) is 4.74. The molecule has 8 nitrogen and oxygen atoms in total. The van der Waals surface area contributed by atoms with E-state index in [1.54, 1.807) is 0 Å². The number of hydrogen-bond donors (Lipinski definition) is 5. The lowest BCUT2D eigenvalue weighted by Crippen LogP contribution is -2.37. The van der Waals surface area contributed by atoms with Crippen LogP contribution in [0.1, 0.15) is 12.8 Å². The first-order valence-corrected chi connectivity index (χ1v) is 7.96. The lowest BCUT2D eigenvalue weighted by Gasteiger charge is -2.19. The maximum atomic E-state index is 11.1. The van der Waals surface area contributed by atoms with Crippen molar-refractivity contribution in [2.45, 2.75) is 18.6 Å². The maximum absolute atomic E-state index is 11.1. The quantitative estimate of drug-likeness (QED) is 0.412. The number of carbonyl (C=O) groups excluding carboxylic acids is 1. The van der Waals surface area contributed by atoms with E-state index in [4.69, 9.17) is 19.6 Å². The minimum absolute atomic E-state index is 0.304. The lowest BCUT2D eigenvalue weighted by molar-refractivity contribution is -0.119. The fourth-order valence-electron chi connectivity index (χ4n) is 1.29. The molecule has 0 spiro atoms. The zero-order valence-electron chi connectivity index (χ0n) is 8.18. The van der Waals surface area contributed by atoms with Gasteiger partial charge < -0.3 is 24.9 Å². The van der Waals surface area contributed by atoms with Crippen LogP contribution in [0.15, 0.2) is 0 Å². The normalized spacial score (nSPS) is 19.2. The molecule has 0 aromatic carbocycles. The number of amides is 1. The van der Waals surface area contributed by atoms with Crippen LogP contribution in [0.2, 0.25) is 0 Å². The van der Waals surface area contributed by atoms with E-state index < -0.39 is 33.0 Å². The van der Waals surface area contributed by atoms with Crippen molar-refractivity contribution in [3.05, 3.63) is 0 Å². The minimum atomic E-state index is -4.51. The molecule has 1 aliphatic carbocycles. The summed E-state index contributed by atoms with van der Waals surface area (Å²) >= 11 is 0. The molecule has 0 heterocycles. The maximum Gasteiger partial charge on any atom is 0.347 e. The molecule has 10 heteroatoms. The Morgan fingerprint density at radius 1 is 1.25 bits per heavy atom. The molecule has 5 N–H and O–H groups in total. The summed E-state index contributed by atoms with van der Waals surface area (Å²) in [4.78, 5) is 46.0. The highest BCUT2D eigenvalue weighted by atomic mass is 31.2. The highest BCUT2D eigenvalue weighted by molar-refractivity contribution is 7.53. The van der Waals surface area contributed by atoms with Gasteiger partial charge in [-0.05, 0) is 18.8 Å². The van der Waals surface area contributed by atoms with Crippen molar-refractivity contribution >= 4 is 21.1 Å². The van der Waals surface area contributed by atoms with Gasteiger partial charge >= 0.3 is 15.2 Å². The van der Waals surface area contributed by atoms with Crippen LogP contribution in [0.5, 0.6) is 0 Å². The molecule has 1 aliphatic rings. The van der Waals surface area contributed by atoms with Gasteiger partial charge in [0.2, 0.25) is 5.91 Å². The summed E-state index contributed by atoms with van der Waals surface area (Å²) in [5, 5.41) is 1.98. The molecule has 16 heavy (non-hydrogen) atoms. The average Bonchev–Trinajstić information content (AvgIpc) is 2.76. The van der Waals surface area contributed by atoms with E-state index in [-0.39, 0.29) is 5.92 Å². The smallest absolute Gasteiger partial charge is 0.341 e. The average molecular weight is 273 g/mol. The minimum Gasteiger partial charge on any atom is -0.341 e. The van der Waals surface area contributed by atoms with Crippen LogP contribution in [-0.4, -0.2) is 37.4 Å². The Morgan fingerprint density at radius 3 is 2.06 bits per heavy atom. The zero-order valence-corrected chi connectivity index (χ0v) is 9.97. The third-order valence-electron chi connectivity index (χ3n) is 2.09. The van der Waals surface area contributed by atoms with Gasteiger partial charge in [-0.25, -0.2) is 0 Å². The SMILES string of the molecule is O=C(CP(=O)(O)O)NC(C1CC1)P(=O)(O)O. The number of carbonyl (C=O) groups is 1. The van der Waals surface area contributed by atoms with E-state index in [9.17, 15) is 13.9 Å². The number of rotatable bonds is 5. The zero-order chi connectivity index (χ0) is 12.6. The fourth-order valence-corrected chi connectivity index (χ4v) is 2.91. The summed E-state index contributed by atoms with van der Waals surface area (Å²) < 4.78 is 21.5. The van der Waals surface area contributed by atoms with Crippen LogP contribution in [0.25, 0.3) is 0 Å². The van der Waals surface area contributed by atoms with Crippen molar-refractivity contribution in [1.29, 1.82) is 0 Å². The Kier molecular flexibility index (Phi) is 3.95. The van der Waals surface area contributed by atoms with Gasteiger partial charge in [0.1, 0.15) is 11.9 Å². The van der Waals surface area contributed by atoms with E-state index in [2.05, 4.69) is 0 Å². The third-order valence-corrected chi connectivity index (χ3v) is 4.06. The van der Waals surface area contributed by atoms with Gasteiger partial charge in [0.05, 0.1) is 0 Å². The predicted octanol–water partition coefficient (Wildman–Crippen LogP) is -0.806. The van der Waals surface area contributed by atoms with E-state index in [0.717, 1.165) is 0 Å². The summed E-state index contributed by atoms with van der Waals surface area (Å²) in [6.45, 7) is 0. The fraction of sp³-hybridized carbons (Fsp3) is 0.833. The van der Waals surface area contributed by atoms with Crippen LogP contribution < -0.4 is 5.32 Å². The molecule has 0 bridgehead atoms. The van der Waals surface area contributed by atoms with Crippen molar-refractivity contribution in [3.8, 4) is 0 Å². The van der Waals surface area contributed by atoms with Crippen LogP contribution in [0, 0.1) is 5.92 Å². The summed E-state index contributed by atoms with van der Waals surface area (Å²) in [6.07, 6.45) is 0.119. The molecular weight excluding hydrogens is 260 g/mol. The van der Waals surface area contributed by atoms with Crippen molar-refractivity contribution in [1.82, 2.24) is 5.32 Å². The van der Waals surface area contributed by atoms with Crippen LogP contribution in [0.3, 0.4) is 0 Å². The van der Waals surface area contributed by atoms with Gasteiger partial charge in [0, 0.05) is 0 Å². The molecule has 0 aromatic heterocycles. The molecular formula is C6H13NO7P2. The molecule has 0 saturated heterocycles. The molecule has 0 radical (unpaired) electrons. The molecule has 94 valence electrons. The molecule has 0 aromatic rings. The Balaban J connectivity index is 2.60. The van der Waals surface area contributed by atoms with Gasteiger partial charge in [-0.3, -0.25) is 13.9 Å². The molecule has 1 saturated carbocycles. The molecule has 1 atom stereocenters. The highest BCUT2D eigenvalue weighted by Crippen LogP contribution is 2.51. The Morgan fingerprint density at radius 2 is 1.75 bits per heavy atom. The molecule has 1 fully saturated rings. The molecule has 1 amide bonds. The second-order valence-electron chi connectivity index (χ2n) is 3.76. The molecule has 1 rings (SSSR count). The number of hydrogen-bond acceptors (Lipinski definition) is 3. The summed E-state index contributed by atoms with van der Waals surface area (Å²) in [6, 6.07) is 0. The standard InChI is InChI=1S/C6H13NO7P2/c8-5(3-15(9,10)11)7-6(4-1-2-4)16(12,13)14/h4,6H,1-3H2,(H,7,8)(H2,9,10,11)(H2,12,13,14). The van der Waals surface area contributed by atoms with E-state index >= 15 is 0 Å². The predicted molar refractivity (Wildman–Crippen MR) is 53.6 cm³/mol. The Hall–Kier alpha value is -0.230. The van der Waals surface area contributed by atoms with Gasteiger partial charge in [-0.1, -0.05) is 0 Å². The number of nitrogens with one attached hydrogen (secondary N) is 1. The monoisotopic (exact) mass is 273 g/mol. The van der Waals surface area contributed by atoms with Crippen LogP contribution >= 0.6 is 15.2 Å². The summed E-state index contributed by atoms with van der Waals surface area (Å²) in [5.74, 6) is -2.68. The first-order chi connectivity index (χ1) is 7.09. The van der Waals surface area contributed by atoms with Gasteiger partial charge in [0.25, 0.3) is 0 Å².